The largest absolute Gasteiger partial charge is 0.341 e. The summed E-state index contributed by atoms with van der Waals surface area (Å²) in [6.07, 6.45) is 1.18. The van der Waals surface area contributed by atoms with Crippen molar-refractivity contribution in [3.8, 4) is 11.4 Å². The van der Waals surface area contributed by atoms with Crippen LogP contribution < -0.4 is 5.84 Å². The van der Waals surface area contributed by atoms with Gasteiger partial charge in [0.05, 0.1) is 5.25 Å². The Hall–Kier alpha value is -2.02. The number of aromatic nitrogens is 3. The third-order valence-electron chi connectivity index (χ3n) is 4.51. The third kappa shape index (κ3) is 3.98. The summed E-state index contributed by atoms with van der Waals surface area (Å²) in [7, 11) is 0. The second-order valence-electron chi connectivity index (χ2n) is 6.99. The molecule has 0 bridgehead atoms. The van der Waals surface area contributed by atoms with Gasteiger partial charge in [0.2, 0.25) is 11.1 Å². The summed E-state index contributed by atoms with van der Waals surface area (Å²) >= 11 is 1.36. The highest BCUT2D eigenvalue weighted by Gasteiger charge is 2.29. The predicted octanol–water partition coefficient (Wildman–Crippen LogP) is 2.64. The molecule has 3 unspecified atom stereocenters. The van der Waals surface area contributed by atoms with Gasteiger partial charge in [-0.05, 0) is 25.2 Å². The molecule has 25 heavy (non-hydrogen) atoms. The van der Waals surface area contributed by atoms with Crippen molar-refractivity contribution in [1.29, 1.82) is 0 Å². The molecule has 7 heteroatoms. The van der Waals surface area contributed by atoms with E-state index in [0.717, 1.165) is 18.7 Å². The topological polar surface area (TPSA) is 77.0 Å². The zero-order valence-electron chi connectivity index (χ0n) is 14.9. The molecular weight excluding hydrogens is 334 g/mol. The van der Waals surface area contributed by atoms with E-state index in [0.29, 0.717) is 22.8 Å². The van der Waals surface area contributed by atoms with Gasteiger partial charge in [0.1, 0.15) is 0 Å². The quantitative estimate of drug-likeness (QED) is 0.671. The molecule has 1 aliphatic heterocycles. The number of carbonyl (C=O) groups is 1. The van der Waals surface area contributed by atoms with Gasteiger partial charge in [-0.15, -0.1) is 10.2 Å². The Morgan fingerprint density at radius 1 is 1.20 bits per heavy atom. The van der Waals surface area contributed by atoms with E-state index in [2.05, 4.69) is 24.0 Å². The Morgan fingerprint density at radius 3 is 2.48 bits per heavy atom. The molecule has 1 aliphatic rings. The van der Waals surface area contributed by atoms with E-state index in [1.165, 1.54) is 22.9 Å². The number of amides is 1. The number of thioether (sulfide) groups is 1. The highest BCUT2D eigenvalue weighted by molar-refractivity contribution is 8.00. The molecule has 134 valence electrons. The Balaban J connectivity index is 1.70. The molecule has 1 fully saturated rings. The van der Waals surface area contributed by atoms with Crippen molar-refractivity contribution in [3.63, 3.8) is 0 Å². The number of rotatable bonds is 4. The SMILES string of the molecule is CC1CC(C)CN(C(=O)C(C)Sc2nnc(-c3ccccc3)n2N)C1. The van der Waals surface area contributed by atoms with Gasteiger partial charge in [0.25, 0.3) is 0 Å². The van der Waals surface area contributed by atoms with Crippen molar-refractivity contribution < 1.29 is 4.79 Å². The molecule has 1 saturated heterocycles. The molecule has 1 aromatic heterocycles. The smallest absolute Gasteiger partial charge is 0.235 e. The van der Waals surface area contributed by atoms with Crippen molar-refractivity contribution in [2.24, 2.45) is 11.8 Å². The minimum absolute atomic E-state index is 0.146. The van der Waals surface area contributed by atoms with Crippen molar-refractivity contribution >= 4 is 17.7 Å². The molecule has 2 aromatic rings. The molecule has 2 heterocycles. The normalized spacial score (nSPS) is 22.0. The van der Waals surface area contributed by atoms with E-state index in [4.69, 9.17) is 5.84 Å². The number of nitrogens with two attached hydrogens (primary N) is 1. The van der Waals surface area contributed by atoms with Crippen molar-refractivity contribution in [2.75, 3.05) is 18.9 Å². The predicted molar refractivity (Wildman–Crippen MR) is 100 cm³/mol. The summed E-state index contributed by atoms with van der Waals surface area (Å²) in [6.45, 7) is 7.98. The number of piperidine rings is 1. The van der Waals surface area contributed by atoms with Crippen LogP contribution in [-0.4, -0.2) is 44.0 Å². The van der Waals surface area contributed by atoms with Gasteiger partial charge in [0.15, 0.2) is 5.82 Å². The van der Waals surface area contributed by atoms with Crippen LogP contribution in [0.15, 0.2) is 35.5 Å². The number of benzene rings is 1. The summed E-state index contributed by atoms with van der Waals surface area (Å²) in [6, 6.07) is 9.68. The molecule has 0 radical (unpaired) electrons. The highest BCUT2D eigenvalue weighted by Crippen LogP contribution is 2.28. The maximum atomic E-state index is 12.8. The Kier molecular flexibility index (Phi) is 5.32. The molecule has 6 nitrogen and oxygen atoms in total. The van der Waals surface area contributed by atoms with E-state index >= 15 is 0 Å². The second-order valence-corrected chi connectivity index (χ2v) is 8.30. The standard InChI is InChI=1S/C18H25N5OS/c1-12-9-13(2)11-22(10-12)17(24)14(3)25-18-21-20-16(23(18)19)15-7-5-4-6-8-15/h4-8,12-14H,9-11,19H2,1-3H3. The first kappa shape index (κ1) is 17.8. The number of likely N-dealkylation sites (tertiary alicyclic amines) is 1. The first-order valence-corrected chi connectivity index (χ1v) is 9.55. The molecule has 3 atom stereocenters. The van der Waals surface area contributed by atoms with Crippen LogP contribution in [-0.2, 0) is 4.79 Å². The highest BCUT2D eigenvalue weighted by atomic mass is 32.2. The molecule has 0 aliphatic carbocycles. The average Bonchev–Trinajstić information content (AvgIpc) is 2.94. The fraction of sp³-hybridized carbons (Fsp3) is 0.500. The van der Waals surface area contributed by atoms with Crippen LogP contribution in [0.2, 0.25) is 0 Å². The number of nitrogens with zero attached hydrogens (tertiary/aromatic N) is 4. The first-order valence-electron chi connectivity index (χ1n) is 8.67. The maximum Gasteiger partial charge on any atom is 0.235 e. The molecular formula is C18H25N5OS. The summed E-state index contributed by atoms with van der Waals surface area (Å²) in [5.41, 5.74) is 0.905. The van der Waals surface area contributed by atoms with E-state index in [9.17, 15) is 4.79 Å². The number of nitrogen functional groups attached to an aromatic ring is 1. The average molecular weight is 359 g/mol. The fourth-order valence-electron chi connectivity index (χ4n) is 3.45. The van der Waals surface area contributed by atoms with Crippen LogP contribution in [0.3, 0.4) is 0 Å². The summed E-state index contributed by atoms with van der Waals surface area (Å²) in [5.74, 6) is 8.00. The minimum atomic E-state index is -0.243. The van der Waals surface area contributed by atoms with Gasteiger partial charge < -0.3 is 10.7 Å². The second kappa shape index (κ2) is 7.47. The van der Waals surface area contributed by atoms with Gasteiger partial charge in [-0.2, -0.15) is 0 Å². The van der Waals surface area contributed by atoms with E-state index in [1.54, 1.807) is 0 Å². The van der Waals surface area contributed by atoms with Crippen molar-refractivity contribution in [1.82, 2.24) is 19.8 Å². The Labute approximate surface area is 152 Å². The van der Waals surface area contributed by atoms with E-state index in [1.807, 2.05) is 42.2 Å². The van der Waals surface area contributed by atoms with Crippen molar-refractivity contribution in [3.05, 3.63) is 30.3 Å². The van der Waals surface area contributed by atoms with Crippen molar-refractivity contribution in [2.45, 2.75) is 37.6 Å². The number of hydrogen-bond donors (Lipinski definition) is 1. The lowest BCUT2D eigenvalue weighted by Gasteiger charge is -2.36. The summed E-state index contributed by atoms with van der Waals surface area (Å²) < 4.78 is 1.46. The minimum Gasteiger partial charge on any atom is -0.341 e. The fourth-order valence-corrected chi connectivity index (χ4v) is 4.30. The Morgan fingerprint density at radius 2 is 1.84 bits per heavy atom. The van der Waals surface area contributed by atoms with Crippen LogP contribution in [0, 0.1) is 11.8 Å². The molecule has 1 amide bonds. The van der Waals surface area contributed by atoms with E-state index < -0.39 is 0 Å². The van der Waals surface area contributed by atoms with Gasteiger partial charge >= 0.3 is 0 Å². The van der Waals surface area contributed by atoms with Gasteiger partial charge in [-0.1, -0.05) is 55.9 Å². The zero-order chi connectivity index (χ0) is 18.0. The zero-order valence-corrected chi connectivity index (χ0v) is 15.7. The monoisotopic (exact) mass is 359 g/mol. The van der Waals surface area contributed by atoms with Crippen LogP contribution >= 0.6 is 11.8 Å². The lowest BCUT2D eigenvalue weighted by molar-refractivity contribution is -0.132. The molecule has 3 rings (SSSR count). The van der Waals surface area contributed by atoms with Gasteiger partial charge in [-0.25, -0.2) is 4.68 Å². The lowest BCUT2D eigenvalue weighted by atomic mass is 9.92. The van der Waals surface area contributed by atoms with Crippen LogP contribution in [0.5, 0.6) is 0 Å². The van der Waals surface area contributed by atoms with Crippen LogP contribution in [0.1, 0.15) is 27.2 Å². The molecule has 1 aromatic carbocycles. The van der Waals surface area contributed by atoms with Gasteiger partial charge in [-0.3, -0.25) is 4.79 Å². The summed E-state index contributed by atoms with van der Waals surface area (Å²) in [5, 5.41) is 8.66. The maximum absolute atomic E-state index is 12.8. The summed E-state index contributed by atoms with van der Waals surface area (Å²) in [4.78, 5) is 14.8. The Bertz CT molecular complexity index is 722. The van der Waals surface area contributed by atoms with E-state index in [-0.39, 0.29) is 11.2 Å². The van der Waals surface area contributed by atoms with Crippen LogP contribution in [0.4, 0.5) is 0 Å². The third-order valence-corrected chi connectivity index (χ3v) is 5.55. The number of carbonyl (C=O) groups excluding carboxylic acids is 1. The van der Waals surface area contributed by atoms with Crippen LogP contribution in [0.25, 0.3) is 11.4 Å². The number of hydrogen-bond acceptors (Lipinski definition) is 5. The molecule has 0 saturated carbocycles. The first-order chi connectivity index (χ1) is 12.0. The lowest BCUT2D eigenvalue weighted by Crippen LogP contribution is -2.45. The molecule has 2 N–H and O–H groups in total. The molecule has 0 spiro atoms. The van der Waals surface area contributed by atoms with Gasteiger partial charge in [0, 0.05) is 18.7 Å².